The van der Waals surface area contributed by atoms with E-state index >= 15 is 0 Å². The van der Waals surface area contributed by atoms with E-state index in [1.54, 1.807) is 18.9 Å². The number of aromatic nitrogens is 2. The van der Waals surface area contributed by atoms with Gasteiger partial charge in [-0.25, -0.2) is 0 Å². The molecule has 1 aliphatic heterocycles. The van der Waals surface area contributed by atoms with E-state index in [2.05, 4.69) is 15.7 Å². The maximum Gasteiger partial charge on any atom is 0.254 e. The molecule has 2 fully saturated rings. The highest BCUT2D eigenvalue weighted by molar-refractivity contribution is 5.98. The summed E-state index contributed by atoms with van der Waals surface area (Å²) >= 11 is 0. The zero-order valence-electron chi connectivity index (χ0n) is 21.3. The predicted molar refractivity (Wildman–Crippen MR) is 135 cm³/mol. The summed E-state index contributed by atoms with van der Waals surface area (Å²) in [4.78, 5) is 43.0. The van der Waals surface area contributed by atoms with E-state index in [1.165, 1.54) is 6.42 Å². The van der Waals surface area contributed by atoms with Crippen molar-refractivity contribution in [3.63, 3.8) is 0 Å². The molecule has 1 aliphatic carbocycles. The van der Waals surface area contributed by atoms with Gasteiger partial charge in [-0.3, -0.25) is 19.1 Å². The van der Waals surface area contributed by atoms with Crippen LogP contribution in [0, 0.1) is 12.8 Å². The molecule has 0 bridgehead atoms. The maximum absolute atomic E-state index is 13.5. The lowest BCUT2D eigenvalue weighted by atomic mass is 9.83. The van der Waals surface area contributed by atoms with Crippen molar-refractivity contribution in [2.75, 3.05) is 33.2 Å². The van der Waals surface area contributed by atoms with Gasteiger partial charge in [0.2, 0.25) is 11.8 Å². The second kappa shape index (κ2) is 10.8. The van der Waals surface area contributed by atoms with Gasteiger partial charge in [-0.2, -0.15) is 5.10 Å². The van der Waals surface area contributed by atoms with Crippen LogP contribution in [0.25, 0.3) is 10.9 Å². The molecule has 1 saturated heterocycles. The van der Waals surface area contributed by atoms with Crippen LogP contribution in [0.15, 0.2) is 18.2 Å². The van der Waals surface area contributed by atoms with Crippen LogP contribution in [0.4, 0.5) is 0 Å². The molecule has 1 aromatic heterocycles. The number of carbonyl (C=O) groups is 3. The topological polar surface area (TPSA) is 99.6 Å². The third kappa shape index (κ3) is 5.34. The maximum atomic E-state index is 13.5. The zero-order chi connectivity index (χ0) is 25.1. The first-order valence-electron chi connectivity index (χ1n) is 12.8. The molecule has 35 heavy (non-hydrogen) atoms. The van der Waals surface area contributed by atoms with Crippen molar-refractivity contribution in [3.05, 3.63) is 29.5 Å². The molecule has 1 saturated carbocycles. The first-order chi connectivity index (χ1) is 16.8. The SMILES string of the molecule is CNC(C)C(=O)NC(C(=O)N1CCN(C(=O)c2ccc3c(C)n(C)nc3c2)CC1)C1CCCCC1. The number of carbonyl (C=O) groups excluding carboxylic acids is 3. The fourth-order valence-electron chi connectivity index (χ4n) is 5.23. The Morgan fingerprint density at radius 1 is 1.03 bits per heavy atom. The Morgan fingerprint density at radius 2 is 1.69 bits per heavy atom. The molecule has 3 amide bonds. The van der Waals surface area contributed by atoms with E-state index in [0.717, 1.165) is 42.3 Å². The normalized spacial score (nSPS) is 19.0. The minimum absolute atomic E-state index is 0.0222. The molecule has 2 unspecified atom stereocenters. The fourth-order valence-corrected chi connectivity index (χ4v) is 5.23. The monoisotopic (exact) mass is 482 g/mol. The summed E-state index contributed by atoms with van der Waals surface area (Å²) in [5.74, 6) is -0.0452. The number of hydrogen-bond donors (Lipinski definition) is 2. The Balaban J connectivity index is 1.41. The Kier molecular flexibility index (Phi) is 7.74. The Bertz CT molecular complexity index is 1080. The van der Waals surface area contributed by atoms with E-state index in [-0.39, 0.29) is 29.7 Å². The van der Waals surface area contributed by atoms with Crippen molar-refractivity contribution in [1.29, 1.82) is 0 Å². The van der Waals surface area contributed by atoms with E-state index in [0.29, 0.717) is 31.7 Å². The summed E-state index contributed by atoms with van der Waals surface area (Å²) in [5.41, 5.74) is 2.49. The molecular formula is C26H38N6O3. The average Bonchev–Trinajstić information content (AvgIpc) is 3.18. The number of fused-ring (bicyclic) bond motifs is 1. The fraction of sp³-hybridized carbons (Fsp3) is 0.615. The second-order valence-electron chi connectivity index (χ2n) is 9.95. The molecule has 2 heterocycles. The van der Waals surface area contributed by atoms with E-state index in [1.807, 2.05) is 41.8 Å². The Hall–Kier alpha value is -2.94. The molecule has 9 nitrogen and oxygen atoms in total. The standard InChI is InChI=1S/C26H38N6O3/c1-17(27-3)24(33)28-23(19-8-6-5-7-9-19)26(35)32-14-12-31(13-15-32)25(34)20-10-11-21-18(2)30(4)29-22(21)16-20/h10-11,16-17,19,23,27H,5-9,12-15H2,1-4H3,(H,28,33). The summed E-state index contributed by atoms with van der Waals surface area (Å²) in [7, 11) is 3.64. The van der Waals surface area contributed by atoms with Gasteiger partial charge in [-0.1, -0.05) is 25.3 Å². The Labute approximate surface area is 207 Å². The third-order valence-electron chi connectivity index (χ3n) is 7.77. The molecule has 1 aromatic carbocycles. The van der Waals surface area contributed by atoms with Crippen LogP contribution in [-0.4, -0.2) is 82.6 Å². The minimum atomic E-state index is -0.504. The van der Waals surface area contributed by atoms with Gasteiger partial charge in [0.15, 0.2) is 0 Å². The molecule has 9 heteroatoms. The highest BCUT2D eigenvalue weighted by Crippen LogP contribution is 2.28. The highest BCUT2D eigenvalue weighted by Gasteiger charge is 2.36. The van der Waals surface area contributed by atoms with Crippen LogP contribution in [0.5, 0.6) is 0 Å². The van der Waals surface area contributed by atoms with Gasteiger partial charge < -0.3 is 20.4 Å². The summed E-state index contributed by atoms with van der Waals surface area (Å²) in [5, 5.41) is 11.5. The molecule has 2 atom stereocenters. The number of hydrogen-bond acceptors (Lipinski definition) is 5. The van der Waals surface area contributed by atoms with Crippen molar-refractivity contribution >= 4 is 28.6 Å². The van der Waals surface area contributed by atoms with Gasteiger partial charge in [0.1, 0.15) is 6.04 Å². The van der Waals surface area contributed by atoms with Gasteiger partial charge in [-0.05, 0) is 51.8 Å². The van der Waals surface area contributed by atoms with Crippen molar-refractivity contribution in [2.45, 2.75) is 58.0 Å². The predicted octanol–water partition coefficient (Wildman–Crippen LogP) is 1.84. The lowest BCUT2D eigenvalue weighted by Crippen LogP contribution is -2.59. The van der Waals surface area contributed by atoms with Crippen molar-refractivity contribution in [3.8, 4) is 0 Å². The van der Waals surface area contributed by atoms with Crippen LogP contribution in [-0.2, 0) is 16.6 Å². The van der Waals surface area contributed by atoms with Crippen LogP contribution in [0.3, 0.4) is 0 Å². The van der Waals surface area contributed by atoms with E-state index in [4.69, 9.17) is 0 Å². The largest absolute Gasteiger partial charge is 0.343 e. The zero-order valence-corrected chi connectivity index (χ0v) is 21.3. The number of nitrogens with one attached hydrogen (secondary N) is 2. The molecule has 4 rings (SSSR count). The summed E-state index contributed by atoms with van der Waals surface area (Å²) in [6.07, 6.45) is 5.28. The number of benzene rings is 1. The molecule has 190 valence electrons. The van der Waals surface area contributed by atoms with Crippen molar-refractivity contribution < 1.29 is 14.4 Å². The van der Waals surface area contributed by atoms with E-state index < -0.39 is 6.04 Å². The number of nitrogens with zero attached hydrogens (tertiary/aromatic N) is 4. The lowest BCUT2D eigenvalue weighted by molar-refractivity contribution is -0.140. The molecule has 0 spiro atoms. The number of likely N-dealkylation sites (N-methyl/N-ethyl adjacent to an activating group) is 1. The van der Waals surface area contributed by atoms with Crippen LogP contribution >= 0.6 is 0 Å². The average molecular weight is 483 g/mol. The smallest absolute Gasteiger partial charge is 0.254 e. The van der Waals surface area contributed by atoms with Crippen molar-refractivity contribution in [1.82, 2.24) is 30.2 Å². The number of piperazine rings is 1. The summed E-state index contributed by atoms with van der Waals surface area (Å²) in [6.45, 7) is 5.69. The van der Waals surface area contributed by atoms with Gasteiger partial charge in [0.25, 0.3) is 5.91 Å². The van der Waals surface area contributed by atoms with Gasteiger partial charge in [-0.15, -0.1) is 0 Å². The molecule has 0 radical (unpaired) electrons. The number of rotatable bonds is 6. The summed E-state index contributed by atoms with van der Waals surface area (Å²) < 4.78 is 1.82. The quantitative estimate of drug-likeness (QED) is 0.655. The van der Waals surface area contributed by atoms with Crippen LogP contribution in [0.2, 0.25) is 0 Å². The van der Waals surface area contributed by atoms with Crippen LogP contribution in [0.1, 0.15) is 55.1 Å². The van der Waals surface area contributed by atoms with Gasteiger partial charge in [0.05, 0.1) is 11.6 Å². The van der Waals surface area contributed by atoms with Gasteiger partial charge >= 0.3 is 0 Å². The van der Waals surface area contributed by atoms with Crippen molar-refractivity contribution in [2.24, 2.45) is 13.0 Å². The van der Waals surface area contributed by atoms with Gasteiger partial charge in [0, 0.05) is 49.9 Å². The first-order valence-corrected chi connectivity index (χ1v) is 12.8. The third-order valence-corrected chi connectivity index (χ3v) is 7.77. The Morgan fingerprint density at radius 3 is 2.34 bits per heavy atom. The summed E-state index contributed by atoms with van der Waals surface area (Å²) in [6, 6.07) is 4.79. The molecule has 2 N–H and O–H groups in total. The minimum Gasteiger partial charge on any atom is -0.343 e. The lowest BCUT2D eigenvalue weighted by Gasteiger charge is -2.39. The molecule has 2 aliphatic rings. The highest BCUT2D eigenvalue weighted by atomic mass is 16.2. The first kappa shape index (κ1) is 25.2. The van der Waals surface area contributed by atoms with E-state index in [9.17, 15) is 14.4 Å². The molecular weight excluding hydrogens is 444 g/mol. The number of aryl methyl sites for hydroxylation is 2. The van der Waals surface area contributed by atoms with Crippen LogP contribution < -0.4 is 10.6 Å². The second-order valence-corrected chi connectivity index (χ2v) is 9.95. The number of amides is 3. The molecule has 2 aromatic rings.